The van der Waals surface area contributed by atoms with Crippen molar-refractivity contribution in [2.45, 2.75) is 46.1 Å². The molecule has 1 aromatic carbocycles. The molecule has 0 heterocycles. The van der Waals surface area contributed by atoms with Crippen LogP contribution >= 0.6 is 12.4 Å². The van der Waals surface area contributed by atoms with E-state index in [1.165, 1.54) is 5.56 Å². The number of nitrogen functional groups attached to an aromatic ring is 1. The number of hydrogen-bond acceptors (Lipinski definition) is 3. The monoisotopic (exact) mass is 332 g/mol. The van der Waals surface area contributed by atoms with Crippen LogP contribution in [-0.2, 0) is 16.4 Å². The van der Waals surface area contributed by atoms with Gasteiger partial charge in [0, 0.05) is 11.7 Å². The van der Waals surface area contributed by atoms with Crippen molar-refractivity contribution in [3.05, 3.63) is 29.3 Å². The SMILES string of the molecule is CC(C)(C)CS(=O)(=O)NC1CCCc2cc(N)ccc21.Cl. The largest absolute Gasteiger partial charge is 0.399 e. The quantitative estimate of drug-likeness (QED) is 0.836. The van der Waals surface area contributed by atoms with Gasteiger partial charge in [0.05, 0.1) is 5.75 Å². The molecule has 3 N–H and O–H groups in total. The van der Waals surface area contributed by atoms with Gasteiger partial charge in [-0.25, -0.2) is 13.1 Å². The highest BCUT2D eigenvalue weighted by atomic mass is 35.5. The Bertz CT molecular complexity index is 594. The first-order valence-corrected chi connectivity index (χ1v) is 8.70. The third-order valence-electron chi connectivity index (χ3n) is 3.43. The van der Waals surface area contributed by atoms with Crippen LogP contribution in [0.1, 0.15) is 50.8 Å². The van der Waals surface area contributed by atoms with Crippen molar-refractivity contribution in [3.8, 4) is 0 Å². The molecule has 0 amide bonds. The van der Waals surface area contributed by atoms with E-state index in [9.17, 15) is 8.42 Å². The molecule has 2 rings (SSSR count). The molecule has 1 aliphatic rings. The van der Waals surface area contributed by atoms with Gasteiger partial charge in [0.2, 0.25) is 10.0 Å². The Morgan fingerprint density at radius 1 is 1.33 bits per heavy atom. The zero-order chi connectivity index (χ0) is 15.0. The molecule has 0 aliphatic heterocycles. The normalized spacial score (nSPS) is 18.7. The number of benzene rings is 1. The van der Waals surface area contributed by atoms with Crippen molar-refractivity contribution in [3.63, 3.8) is 0 Å². The standard InChI is InChI=1S/C15H24N2O2S.ClH/c1-15(2,3)10-20(18,19)17-14-6-4-5-11-9-12(16)7-8-13(11)14;/h7-9,14,17H,4-6,10,16H2,1-3H3;1H. The predicted molar refractivity (Wildman–Crippen MR) is 90.2 cm³/mol. The lowest BCUT2D eigenvalue weighted by molar-refractivity contribution is 0.448. The number of nitrogens with two attached hydrogens (primary N) is 1. The van der Waals surface area contributed by atoms with Crippen LogP contribution in [0.5, 0.6) is 0 Å². The van der Waals surface area contributed by atoms with Crippen molar-refractivity contribution in [1.29, 1.82) is 0 Å². The van der Waals surface area contributed by atoms with Crippen LogP contribution in [-0.4, -0.2) is 14.2 Å². The van der Waals surface area contributed by atoms with E-state index in [2.05, 4.69) is 4.72 Å². The zero-order valence-electron chi connectivity index (χ0n) is 12.8. The second kappa shape index (κ2) is 6.55. The Morgan fingerprint density at radius 2 is 2.00 bits per heavy atom. The summed E-state index contributed by atoms with van der Waals surface area (Å²) in [7, 11) is -3.27. The van der Waals surface area contributed by atoms with E-state index in [4.69, 9.17) is 5.73 Å². The maximum Gasteiger partial charge on any atom is 0.212 e. The third kappa shape index (κ3) is 5.16. The summed E-state index contributed by atoms with van der Waals surface area (Å²) in [6.45, 7) is 5.80. The Morgan fingerprint density at radius 3 is 2.62 bits per heavy atom. The average Bonchev–Trinajstić information content (AvgIpc) is 2.24. The summed E-state index contributed by atoms with van der Waals surface area (Å²) in [4.78, 5) is 0. The van der Waals surface area contributed by atoms with Crippen LogP contribution in [0.15, 0.2) is 18.2 Å². The van der Waals surface area contributed by atoms with Crippen molar-refractivity contribution in [2.75, 3.05) is 11.5 Å². The highest BCUT2D eigenvalue weighted by Gasteiger charge is 2.27. The molecular formula is C15H25ClN2O2S. The van der Waals surface area contributed by atoms with Gasteiger partial charge in [0.25, 0.3) is 0 Å². The molecule has 0 radical (unpaired) electrons. The van der Waals surface area contributed by atoms with E-state index in [1.807, 2.05) is 39.0 Å². The van der Waals surface area contributed by atoms with Crippen molar-refractivity contribution in [1.82, 2.24) is 4.72 Å². The lowest BCUT2D eigenvalue weighted by Gasteiger charge is -2.28. The maximum atomic E-state index is 12.3. The van der Waals surface area contributed by atoms with E-state index in [-0.39, 0.29) is 29.6 Å². The van der Waals surface area contributed by atoms with E-state index < -0.39 is 10.0 Å². The van der Waals surface area contributed by atoms with Gasteiger partial charge >= 0.3 is 0 Å². The van der Waals surface area contributed by atoms with Crippen LogP contribution < -0.4 is 10.5 Å². The predicted octanol–water partition coefficient (Wildman–Crippen LogP) is 3.03. The van der Waals surface area contributed by atoms with Gasteiger partial charge < -0.3 is 5.73 Å². The van der Waals surface area contributed by atoms with Gasteiger partial charge in [0.15, 0.2) is 0 Å². The molecule has 1 aromatic rings. The average molecular weight is 333 g/mol. The first kappa shape index (κ1) is 18.3. The van der Waals surface area contributed by atoms with Gasteiger partial charge in [-0.1, -0.05) is 26.8 Å². The fourth-order valence-electron chi connectivity index (χ4n) is 2.79. The molecule has 6 heteroatoms. The second-order valence-corrected chi connectivity index (χ2v) is 8.59. The fraction of sp³-hybridized carbons (Fsp3) is 0.600. The number of sulfonamides is 1. The number of anilines is 1. The van der Waals surface area contributed by atoms with Gasteiger partial charge in [-0.05, 0) is 47.9 Å². The number of aryl methyl sites for hydroxylation is 1. The van der Waals surface area contributed by atoms with E-state index >= 15 is 0 Å². The number of fused-ring (bicyclic) bond motifs is 1. The third-order valence-corrected chi connectivity index (χ3v) is 5.32. The molecule has 21 heavy (non-hydrogen) atoms. The number of rotatable bonds is 3. The highest BCUT2D eigenvalue weighted by molar-refractivity contribution is 7.89. The van der Waals surface area contributed by atoms with E-state index in [0.717, 1.165) is 30.5 Å². The number of halogens is 1. The summed E-state index contributed by atoms with van der Waals surface area (Å²) in [6, 6.07) is 5.63. The first-order chi connectivity index (χ1) is 9.16. The molecule has 0 aromatic heterocycles. The minimum atomic E-state index is -3.27. The fourth-order valence-corrected chi connectivity index (χ4v) is 4.69. The second-order valence-electron chi connectivity index (χ2n) is 6.84. The maximum absolute atomic E-state index is 12.3. The van der Waals surface area contributed by atoms with Crippen LogP contribution in [0.4, 0.5) is 5.69 Å². The van der Waals surface area contributed by atoms with Crippen LogP contribution in [0.25, 0.3) is 0 Å². The minimum Gasteiger partial charge on any atom is -0.399 e. The molecule has 0 saturated carbocycles. The Kier molecular flexibility index (Phi) is 5.69. The topological polar surface area (TPSA) is 72.2 Å². The Balaban J connectivity index is 0.00000220. The zero-order valence-corrected chi connectivity index (χ0v) is 14.5. The Labute approximate surface area is 134 Å². The number of hydrogen-bond donors (Lipinski definition) is 2. The molecule has 120 valence electrons. The minimum absolute atomic E-state index is 0. The van der Waals surface area contributed by atoms with Gasteiger partial charge in [0.1, 0.15) is 0 Å². The summed E-state index contributed by atoms with van der Waals surface area (Å²) in [5.74, 6) is 0.140. The summed E-state index contributed by atoms with van der Waals surface area (Å²) < 4.78 is 27.4. The van der Waals surface area contributed by atoms with Gasteiger partial charge in [-0.15, -0.1) is 12.4 Å². The van der Waals surface area contributed by atoms with Crippen molar-refractivity contribution >= 4 is 28.1 Å². The highest BCUT2D eigenvalue weighted by Crippen LogP contribution is 2.32. The van der Waals surface area contributed by atoms with Crippen molar-refractivity contribution in [2.24, 2.45) is 5.41 Å². The molecule has 4 nitrogen and oxygen atoms in total. The molecular weight excluding hydrogens is 308 g/mol. The smallest absolute Gasteiger partial charge is 0.212 e. The molecule has 1 atom stereocenters. The molecule has 0 spiro atoms. The number of nitrogens with one attached hydrogen (secondary N) is 1. The summed E-state index contributed by atoms with van der Waals surface area (Å²) >= 11 is 0. The van der Waals surface area contributed by atoms with Crippen LogP contribution in [0.3, 0.4) is 0 Å². The van der Waals surface area contributed by atoms with E-state index in [0.29, 0.717) is 0 Å². The molecule has 1 unspecified atom stereocenters. The molecule has 0 saturated heterocycles. The molecule has 0 fully saturated rings. The van der Waals surface area contributed by atoms with Crippen LogP contribution in [0, 0.1) is 5.41 Å². The Hall–Kier alpha value is -0.780. The van der Waals surface area contributed by atoms with Crippen molar-refractivity contribution < 1.29 is 8.42 Å². The summed E-state index contributed by atoms with van der Waals surface area (Å²) in [5.41, 5.74) is 8.53. The van der Waals surface area contributed by atoms with Gasteiger partial charge in [-0.3, -0.25) is 0 Å². The summed E-state index contributed by atoms with van der Waals surface area (Å²) in [5, 5.41) is 0. The summed E-state index contributed by atoms with van der Waals surface area (Å²) in [6.07, 6.45) is 2.80. The lowest BCUT2D eigenvalue weighted by Crippen LogP contribution is -2.36. The van der Waals surface area contributed by atoms with Gasteiger partial charge in [-0.2, -0.15) is 0 Å². The molecule has 0 bridgehead atoms. The lowest BCUT2D eigenvalue weighted by atomic mass is 9.88. The van der Waals surface area contributed by atoms with Crippen LogP contribution in [0.2, 0.25) is 0 Å². The first-order valence-electron chi connectivity index (χ1n) is 7.05. The molecule has 1 aliphatic carbocycles. The van der Waals surface area contributed by atoms with E-state index in [1.54, 1.807) is 0 Å².